The van der Waals surface area contributed by atoms with Crippen molar-refractivity contribution in [3.8, 4) is 17.0 Å². The summed E-state index contributed by atoms with van der Waals surface area (Å²) in [5.41, 5.74) is -1.60. The van der Waals surface area contributed by atoms with Crippen LogP contribution in [0.2, 0.25) is 5.02 Å². The minimum atomic E-state index is -5.13. The lowest BCUT2D eigenvalue weighted by molar-refractivity contribution is -0.274. The van der Waals surface area contributed by atoms with Crippen LogP contribution in [0.5, 0.6) is 5.75 Å². The smallest absolute Gasteiger partial charge is 0.405 e. The average Bonchev–Trinajstić information content (AvgIpc) is 3.18. The molecule has 224 valence electrons. The average molecular weight is 620 g/mol. The van der Waals surface area contributed by atoms with Gasteiger partial charge >= 0.3 is 24.1 Å². The van der Waals surface area contributed by atoms with Gasteiger partial charge in [-0.2, -0.15) is 26.7 Å². The van der Waals surface area contributed by atoms with E-state index in [-0.39, 0.29) is 40.6 Å². The Morgan fingerprint density at radius 3 is 2.35 bits per heavy atom. The molecule has 0 atom stereocenters. The van der Waals surface area contributed by atoms with Crippen LogP contribution in [0, 0.1) is 5.92 Å². The van der Waals surface area contributed by atoms with Gasteiger partial charge in [-0.15, -0.1) is 13.2 Å². The van der Waals surface area contributed by atoms with Gasteiger partial charge in [-0.1, -0.05) is 24.6 Å². The van der Waals surface area contributed by atoms with Crippen molar-refractivity contribution in [2.45, 2.75) is 77.1 Å². The van der Waals surface area contributed by atoms with Gasteiger partial charge in [0.2, 0.25) is 0 Å². The molecule has 0 radical (unpaired) electrons. The number of halogens is 7. The lowest BCUT2D eigenvalue weighted by atomic mass is 9.79. The zero-order valence-electron chi connectivity index (χ0n) is 21.5. The van der Waals surface area contributed by atoms with Gasteiger partial charge in [-0.05, 0) is 62.6 Å². The number of alkyl halides is 6. The summed E-state index contributed by atoms with van der Waals surface area (Å²) in [5, 5.41) is 17.2. The van der Waals surface area contributed by atoms with Crippen molar-refractivity contribution in [1.29, 1.82) is 0 Å². The first kappa shape index (κ1) is 33.6. The molecule has 1 amide bonds. The van der Waals surface area contributed by atoms with E-state index in [4.69, 9.17) is 20.0 Å². The van der Waals surface area contributed by atoms with Crippen molar-refractivity contribution in [2.24, 2.45) is 5.92 Å². The molecule has 3 rings (SSSR count). The Kier molecular flexibility index (Phi) is 11.6. The number of ether oxygens (including phenoxy) is 1. The fraction of sp³-hybridized carbons (Fsp3) is 0.583. The summed E-state index contributed by atoms with van der Waals surface area (Å²) < 4.78 is 99.2. The van der Waals surface area contributed by atoms with Gasteiger partial charge in [-0.3, -0.25) is 9.48 Å². The maximum absolute atomic E-state index is 13.2. The highest BCUT2D eigenvalue weighted by molar-refractivity contribution is 7.51. The maximum atomic E-state index is 13.2. The molecule has 1 aliphatic rings. The second-order valence-electron chi connectivity index (χ2n) is 9.48. The number of carbonyl (C=O) groups is 1. The first-order valence-corrected chi connectivity index (χ1v) is 13.2. The van der Waals surface area contributed by atoms with Crippen molar-refractivity contribution < 1.29 is 49.4 Å². The van der Waals surface area contributed by atoms with Crippen molar-refractivity contribution in [3.63, 3.8) is 0 Å². The number of rotatable bonds is 8. The molecule has 0 bridgehead atoms. The number of amides is 1. The van der Waals surface area contributed by atoms with E-state index in [0.717, 1.165) is 25.0 Å². The number of benzene rings is 1. The van der Waals surface area contributed by atoms with Gasteiger partial charge in [-0.25, -0.2) is 0 Å². The Labute approximate surface area is 234 Å². The first-order chi connectivity index (χ1) is 18.5. The van der Waals surface area contributed by atoms with Gasteiger partial charge in [0, 0.05) is 25.1 Å². The third kappa shape index (κ3) is 9.77. The van der Waals surface area contributed by atoms with Crippen LogP contribution >= 0.6 is 11.6 Å². The molecule has 8 nitrogen and oxygen atoms in total. The van der Waals surface area contributed by atoms with Crippen LogP contribution in [-0.4, -0.2) is 53.9 Å². The molecule has 2 aromatic rings. The number of carbonyl (C=O) groups excluding carboxylic acids is 1. The molecule has 1 saturated carbocycles. The molecule has 0 unspecified atom stereocenters. The molecule has 1 aliphatic carbocycles. The molecule has 16 heteroatoms. The summed E-state index contributed by atoms with van der Waals surface area (Å²) >= 11 is 5.67. The van der Waals surface area contributed by atoms with Crippen LogP contribution < -0.4 is 10.1 Å². The molecular weight excluding hydrogens is 592 g/mol. The van der Waals surface area contributed by atoms with Crippen molar-refractivity contribution in [3.05, 3.63) is 34.5 Å². The maximum Gasteiger partial charge on any atom is 0.573 e. The summed E-state index contributed by atoms with van der Waals surface area (Å²) in [7, 11) is 0. The fourth-order valence-corrected chi connectivity index (χ4v) is 4.61. The Hall–Kier alpha value is -2.65. The summed E-state index contributed by atoms with van der Waals surface area (Å²) in [6, 6.07) is 3.28. The van der Waals surface area contributed by atoms with Crippen LogP contribution in [0.3, 0.4) is 0 Å². The Balaban J connectivity index is 0.00000178. The van der Waals surface area contributed by atoms with Crippen molar-refractivity contribution in [1.82, 2.24) is 15.1 Å². The molecule has 1 fully saturated rings. The predicted molar refractivity (Wildman–Crippen MR) is 133 cm³/mol. The van der Waals surface area contributed by atoms with E-state index in [0.29, 0.717) is 18.8 Å². The van der Waals surface area contributed by atoms with Crippen LogP contribution in [0.15, 0.2) is 18.2 Å². The number of aliphatic hydroxyl groups is 1. The third-order valence-corrected chi connectivity index (χ3v) is 6.77. The highest BCUT2D eigenvalue weighted by atomic mass is 35.5. The molecule has 1 aromatic heterocycles. The van der Waals surface area contributed by atoms with Crippen LogP contribution in [0.1, 0.15) is 62.0 Å². The zero-order valence-corrected chi connectivity index (χ0v) is 23.1. The van der Waals surface area contributed by atoms with Gasteiger partial charge < -0.3 is 15.2 Å². The largest absolute Gasteiger partial charge is 0.573 e. The number of hydrogen-bond donors (Lipinski definition) is 2. The first-order valence-electron chi connectivity index (χ1n) is 12.2. The van der Waals surface area contributed by atoms with Crippen LogP contribution in [-0.2, 0) is 24.5 Å². The van der Waals surface area contributed by atoms with E-state index < -0.39 is 54.2 Å². The van der Waals surface area contributed by atoms with Gasteiger partial charge in [0.25, 0.3) is 5.91 Å². The van der Waals surface area contributed by atoms with Crippen LogP contribution in [0.25, 0.3) is 11.3 Å². The highest BCUT2D eigenvalue weighted by Gasteiger charge is 2.35. The molecule has 0 saturated heterocycles. The number of nitrogens with one attached hydrogen (secondary N) is 1. The molecule has 2 N–H and O–H groups in total. The lowest BCUT2D eigenvalue weighted by Crippen LogP contribution is -2.45. The Morgan fingerprint density at radius 2 is 1.82 bits per heavy atom. The fourth-order valence-electron chi connectivity index (χ4n) is 4.29. The molecule has 40 heavy (non-hydrogen) atoms. The number of nitrogens with zero attached hydrogens (tertiary/aromatic N) is 2. The van der Waals surface area contributed by atoms with E-state index >= 15 is 0 Å². The van der Waals surface area contributed by atoms with E-state index in [1.54, 1.807) is 6.92 Å². The topological polar surface area (TPSA) is 111 Å². The van der Waals surface area contributed by atoms with Crippen molar-refractivity contribution in [2.75, 3.05) is 6.54 Å². The van der Waals surface area contributed by atoms with Gasteiger partial charge in [0.15, 0.2) is 5.69 Å². The Bertz CT molecular complexity index is 1210. The van der Waals surface area contributed by atoms with E-state index in [1.807, 2.05) is 0 Å². The molecule has 0 spiro atoms. The minimum absolute atomic E-state index is 0.0213. The minimum Gasteiger partial charge on any atom is -0.405 e. The standard InChI is InChI=1S/C24H28ClF6N3O3.O2S/c1-3-34-20(16-5-4-15(8-11-23(26,27)28)12-17(16)37-24(29,30)31)18(25)19(33-34)21(35)32-13-22(36)9-6-14(2)7-10-22;1-3-2/h4-5,12,14,36H,3,6-11,13H2,1-2H3,(H,32,35);. The van der Waals surface area contributed by atoms with E-state index in [2.05, 4.69) is 22.1 Å². The predicted octanol–water partition coefficient (Wildman–Crippen LogP) is 5.62. The summed E-state index contributed by atoms with van der Waals surface area (Å²) in [4.78, 5) is 12.9. The molecule has 1 aromatic carbocycles. The SMILES string of the molecule is CCn1nc(C(=O)NCC2(O)CCC(C)CC2)c(Cl)c1-c1ccc(CCC(F)(F)F)cc1OC(F)(F)F.O=S=O. The quantitative estimate of drug-likeness (QED) is 0.371. The summed E-state index contributed by atoms with van der Waals surface area (Å²) in [6.07, 6.45) is -8.75. The normalized spacial score (nSPS) is 19.4. The van der Waals surface area contributed by atoms with E-state index in [1.165, 1.54) is 10.7 Å². The summed E-state index contributed by atoms with van der Waals surface area (Å²) in [6.45, 7) is 3.78. The number of aromatic nitrogens is 2. The highest BCUT2D eigenvalue weighted by Crippen LogP contribution is 2.40. The number of aryl methyl sites for hydroxylation is 2. The second kappa shape index (κ2) is 13.8. The number of hydrogen-bond acceptors (Lipinski definition) is 6. The molecular formula is C24H28ClF6N3O5S. The zero-order chi connectivity index (χ0) is 30.3. The summed E-state index contributed by atoms with van der Waals surface area (Å²) in [5.74, 6) is -1.01. The lowest BCUT2D eigenvalue weighted by Gasteiger charge is -2.34. The van der Waals surface area contributed by atoms with Crippen molar-refractivity contribution >= 4 is 29.1 Å². The second-order valence-corrected chi connectivity index (χ2v) is 9.99. The molecule has 0 aliphatic heterocycles. The Morgan fingerprint density at radius 1 is 1.23 bits per heavy atom. The molecule has 1 heterocycles. The van der Waals surface area contributed by atoms with E-state index in [9.17, 15) is 36.2 Å². The van der Waals surface area contributed by atoms with Gasteiger partial charge in [0.1, 0.15) is 5.75 Å². The third-order valence-electron chi connectivity index (χ3n) is 6.42. The monoisotopic (exact) mass is 619 g/mol. The van der Waals surface area contributed by atoms with Gasteiger partial charge in [0.05, 0.1) is 16.3 Å². The van der Waals surface area contributed by atoms with Crippen LogP contribution in [0.4, 0.5) is 26.3 Å².